The van der Waals surface area contributed by atoms with Crippen LogP contribution in [0, 0.1) is 12.8 Å². The van der Waals surface area contributed by atoms with Crippen molar-refractivity contribution in [2.24, 2.45) is 27.6 Å². The van der Waals surface area contributed by atoms with Gasteiger partial charge in [0.05, 0.1) is 5.71 Å². The summed E-state index contributed by atoms with van der Waals surface area (Å²) >= 11 is 0. The number of piperidine rings is 1. The summed E-state index contributed by atoms with van der Waals surface area (Å²) in [6, 6.07) is 0. The van der Waals surface area contributed by atoms with E-state index in [0.29, 0.717) is 11.7 Å². The smallest absolute Gasteiger partial charge is 0.289 e. The van der Waals surface area contributed by atoms with Gasteiger partial charge in [-0.3, -0.25) is 4.79 Å². The number of carbonyl (C=O) groups is 1. The van der Waals surface area contributed by atoms with Crippen LogP contribution >= 0.6 is 0 Å². The third-order valence-electron chi connectivity index (χ3n) is 4.88. The largest absolute Gasteiger partial charge is 0.455 e. The molecule has 4 N–H and O–H groups in total. The molecule has 1 aromatic rings. The van der Waals surface area contributed by atoms with Crippen LogP contribution in [-0.2, 0) is 6.42 Å². The third kappa shape index (κ3) is 3.16. The molecule has 0 bridgehead atoms. The molecule has 0 radical (unpaired) electrons. The molecule has 2 aliphatic rings. The van der Waals surface area contributed by atoms with Crippen molar-refractivity contribution in [1.29, 1.82) is 0 Å². The predicted octanol–water partition coefficient (Wildman–Crippen LogP) is 1.77. The summed E-state index contributed by atoms with van der Waals surface area (Å²) in [4.78, 5) is 14.7. The van der Waals surface area contributed by atoms with E-state index in [0.717, 1.165) is 67.8 Å². The van der Waals surface area contributed by atoms with Crippen molar-refractivity contribution in [3.63, 3.8) is 0 Å². The fraction of sp³-hybridized carbons (Fsp3) is 0.588. The molecule has 0 atom stereocenters. The number of amides is 1. The van der Waals surface area contributed by atoms with Gasteiger partial charge in [0.2, 0.25) is 5.96 Å². The standard InChI is InChI=1S/C17H25N5O2/c1-10-6-8-22(9-7-10)16(23)15-11(2)14-12(20-21-17(18)19)4-3-5-13(14)24-15/h10H,3-9H2,1-2H3,(H4,18,19,21)/b20-12+. The Morgan fingerprint density at radius 1 is 1.25 bits per heavy atom. The van der Waals surface area contributed by atoms with Gasteiger partial charge in [0.15, 0.2) is 5.76 Å². The fourth-order valence-electron chi connectivity index (χ4n) is 3.45. The maximum atomic E-state index is 12.8. The van der Waals surface area contributed by atoms with Crippen LogP contribution in [0.3, 0.4) is 0 Å². The highest BCUT2D eigenvalue weighted by atomic mass is 16.4. The van der Waals surface area contributed by atoms with E-state index >= 15 is 0 Å². The number of guanidine groups is 1. The van der Waals surface area contributed by atoms with Gasteiger partial charge in [-0.15, -0.1) is 5.10 Å². The molecule has 7 nitrogen and oxygen atoms in total. The summed E-state index contributed by atoms with van der Waals surface area (Å²) in [5.74, 6) is 1.84. The van der Waals surface area contributed by atoms with Crippen molar-refractivity contribution < 1.29 is 9.21 Å². The maximum Gasteiger partial charge on any atom is 0.289 e. The Hall–Kier alpha value is -2.31. The number of likely N-dealkylation sites (tertiary alicyclic amines) is 1. The average Bonchev–Trinajstić information content (AvgIpc) is 2.90. The molecule has 2 heterocycles. The number of hydrogen-bond acceptors (Lipinski definition) is 4. The summed E-state index contributed by atoms with van der Waals surface area (Å²) in [5, 5.41) is 7.91. The van der Waals surface area contributed by atoms with Gasteiger partial charge in [-0.1, -0.05) is 6.92 Å². The number of nitrogens with zero attached hydrogens (tertiary/aromatic N) is 3. The quantitative estimate of drug-likeness (QED) is 0.489. The number of aryl methyl sites for hydroxylation is 1. The second-order valence-corrected chi connectivity index (χ2v) is 6.75. The highest BCUT2D eigenvalue weighted by molar-refractivity contribution is 6.06. The molecule has 0 aromatic carbocycles. The van der Waals surface area contributed by atoms with E-state index in [9.17, 15) is 4.79 Å². The van der Waals surface area contributed by atoms with Crippen LogP contribution in [0.15, 0.2) is 14.6 Å². The number of furan rings is 1. The first-order chi connectivity index (χ1) is 11.5. The van der Waals surface area contributed by atoms with E-state index in [4.69, 9.17) is 15.9 Å². The zero-order chi connectivity index (χ0) is 17.3. The highest BCUT2D eigenvalue weighted by Gasteiger charge is 2.31. The van der Waals surface area contributed by atoms with Gasteiger partial charge in [-0.2, -0.15) is 5.10 Å². The molecule has 0 spiro atoms. The van der Waals surface area contributed by atoms with Crippen molar-refractivity contribution in [2.75, 3.05) is 13.1 Å². The molecule has 1 aliphatic carbocycles. The second-order valence-electron chi connectivity index (χ2n) is 6.75. The molecule has 1 aromatic heterocycles. The molecular weight excluding hydrogens is 306 g/mol. The Bertz CT molecular complexity index is 692. The molecule has 1 aliphatic heterocycles. The lowest BCUT2D eigenvalue weighted by Gasteiger charge is -2.29. The molecular formula is C17H25N5O2. The van der Waals surface area contributed by atoms with Crippen molar-refractivity contribution in [1.82, 2.24) is 4.90 Å². The minimum Gasteiger partial charge on any atom is -0.455 e. The van der Waals surface area contributed by atoms with E-state index in [1.54, 1.807) is 0 Å². The van der Waals surface area contributed by atoms with Crippen LogP contribution < -0.4 is 11.5 Å². The van der Waals surface area contributed by atoms with Gasteiger partial charge in [0.1, 0.15) is 5.76 Å². The van der Waals surface area contributed by atoms with Crippen molar-refractivity contribution >= 4 is 17.6 Å². The zero-order valence-electron chi connectivity index (χ0n) is 14.3. The van der Waals surface area contributed by atoms with Crippen LogP contribution in [0.1, 0.15) is 60.0 Å². The number of hydrogen-bond donors (Lipinski definition) is 2. The molecule has 1 fully saturated rings. The van der Waals surface area contributed by atoms with Gasteiger partial charge in [-0.25, -0.2) is 0 Å². The Morgan fingerprint density at radius 2 is 1.96 bits per heavy atom. The van der Waals surface area contributed by atoms with Gasteiger partial charge in [0, 0.05) is 30.6 Å². The molecule has 0 unspecified atom stereocenters. The minimum atomic E-state index is -0.0745. The Kier molecular flexibility index (Phi) is 4.59. The van der Waals surface area contributed by atoms with E-state index in [2.05, 4.69) is 17.1 Å². The van der Waals surface area contributed by atoms with Gasteiger partial charge >= 0.3 is 0 Å². The van der Waals surface area contributed by atoms with E-state index in [1.165, 1.54) is 0 Å². The summed E-state index contributed by atoms with van der Waals surface area (Å²) in [5.41, 5.74) is 13.3. The normalized spacial score (nSPS) is 20.1. The topological polar surface area (TPSA) is 110 Å². The maximum absolute atomic E-state index is 12.8. The number of fused-ring (bicyclic) bond motifs is 1. The van der Waals surface area contributed by atoms with E-state index < -0.39 is 0 Å². The summed E-state index contributed by atoms with van der Waals surface area (Å²) in [6.45, 7) is 5.73. The summed E-state index contributed by atoms with van der Waals surface area (Å²) < 4.78 is 5.93. The molecule has 1 saturated heterocycles. The van der Waals surface area contributed by atoms with Crippen LogP contribution in [0.25, 0.3) is 0 Å². The molecule has 130 valence electrons. The molecule has 3 rings (SSSR count). The third-order valence-corrected chi connectivity index (χ3v) is 4.88. The molecule has 1 amide bonds. The lowest BCUT2D eigenvalue weighted by Crippen LogP contribution is -2.38. The number of nitrogens with two attached hydrogens (primary N) is 2. The van der Waals surface area contributed by atoms with Gasteiger partial charge in [-0.05, 0) is 38.5 Å². The first-order valence-electron chi connectivity index (χ1n) is 8.54. The summed E-state index contributed by atoms with van der Waals surface area (Å²) in [6.07, 6.45) is 4.58. The monoisotopic (exact) mass is 331 g/mol. The fourth-order valence-corrected chi connectivity index (χ4v) is 3.45. The predicted molar refractivity (Wildman–Crippen MR) is 93.0 cm³/mol. The lowest BCUT2D eigenvalue weighted by atomic mass is 9.93. The first-order valence-corrected chi connectivity index (χ1v) is 8.54. The van der Waals surface area contributed by atoms with Gasteiger partial charge < -0.3 is 20.8 Å². The van der Waals surface area contributed by atoms with Crippen molar-refractivity contribution in [3.05, 3.63) is 22.6 Å². The van der Waals surface area contributed by atoms with Gasteiger partial charge in [0.25, 0.3) is 5.91 Å². The molecule has 7 heteroatoms. The lowest BCUT2D eigenvalue weighted by molar-refractivity contribution is 0.0662. The highest BCUT2D eigenvalue weighted by Crippen LogP contribution is 2.31. The average molecular weight is 331 g/mol. The zero-order valence-corrected chi connectivity index (χ0v) is 14.3. The van der Waals surface area contributed by atoms with Crippen molar-refractivity contribution in [3.8, 4) is 0 Å². The first kappa shape index (κ1) is 16.5. The number of carbonyl (C=O) groups excluding carboxylic acids is 1. The Labute approximate surface area is 141 Å². The minimum absolute atomic E-state index is 0.0185. The van der Waals surface area contributed by atoms with Crippen LogP contribution in [-0.4, -0.2) is 35.6 Å². The molecule has 0 saturated carbocycles. The van der Waals surface area contributed by atoms with Crippen molar-refractivity contribution in [2.45, 2.75) is 46.0 Å². The Balaban J connectivity index is 1.91. The number of rotatable bonds is 2. The van der Waals surface area contributed by atoms with Crippen LogP contribution in [0.4, 0.5) is 0 Å². The summed E-state index contributed by atoms with van der Waals surface area (Å²) in [7, 11) is 0. The SMILES string of the molecule is Cc1c(C(=O)N2CCC(C)CC2)oc2c1/C(=N/N=C(N)N)CCC2. The van der Waals surface area contributed by atoms with E-state index in [1.807, 2.05) is 11.8 Å². The van der Waals surface area contributed by atoms with E-state index in [-0.39, 0.29) is 11.9 Å². The molecule has 24 heavy (non-hydrogen) atoms. The van der Waals surface area contributed by atoms with Crippen LogP contribution in [0.5, 0.6) is 0 Å². The van der Waals surface area contributed by atoms with Crippen LogP contribution in [0.2, 0.25) is 0 Å². The Morgan fingerprint density at radius 3 is 2.62 bits per heavy atom. The second kappa shape index (κ2) is 6.67.